The van der Waals surface area contributed by atoms with Gasteiger partial charge >= 0.3 is 0 Å². The van der Waals surface area contributed by atoms with Crippen LogP contribution in [0.4, 0.5) is 0 Å². The average Bonchev–Trinajstić information content (AvgIpc) is 2.83. The van der Waals surface area contributed by atoms with Gasteiger partial charge < -0.3 is 10.3 Å². The summed E-state index contributed by atoms with van der Waals surface area (Å²) in [6.45, 7) is 0. The van der Waals surface area contributed by atoms with Crippen LogP contribution in [0.5, 0.6) is 0 Å². The second-order valence-corrected chi connectivity index (χ2v) is 4.23. The molecular formula is C12H15N3O. The number of amides is 1. The van der Waals surface area contributed by atoms with Crippen molar-refractivity contribution in [3.63, 3.8) is 0 Å². The van der Waals surface area contributed by atoms with Crippen LogP contribution in [0.3, 0.4) is 0 Å². The molecule has 1 aromatic heterocycles. The van der Waals surface area contributed by atoms with E-state index in [-0.39, 0.29) is 17.9 Å². The Balaban J connectivity index is 1.84. The van der Waals surface area contributed by atoms with Gasteiger partial charge in [0.2, 0.25) is 0 Å². The van der Waals surface area contributed by atoms with Gasteiger partial charge in [-0.15, -0.1) is 0 Å². The van der Waals surface area contributed by atoms with Gasteiger partial charge in [0.05, 0.1) is 6.07 Å². The second kappa shape index (κ2) is 4.84. The maximum atomic E-state index is 11.7. The lowest BCUT2D eigenvalue weighted by molar-refractivity contribution is 0.0920. The zero-order chi connectivity index (χ0) is 11.4. The van der Waals surface area contributed by atoms with Crippen molar-refractivity contribution >= 4 is 5.91 Å². The highest BCUT2D eigenvalue weighted by Gasteiger charge is 2.22. The fraction of sp³-hybridized carbons (Fsp3) is 0.500. The number of carbonyl (C=O) groups is 1. The molecular weight excluding hydrogens is 202 g/mol. The Morgan fingerprint density at radius 1 is 1.44 bits per heavy atom. The Hall–Kier alpha value is -1.76. The van der Waals surface area contributed by atoms with E-state index in [9.17, 15) is 4.79 Å². The van der Waals surface area contributed by atoms with Crippen molar-refractivity contribution in [1.82, 2.24) is 10.3 Å². The van der Waals surface area contributed by atoms with Crippen LogP contribution >= 0.6 is 0 Å². The predicted octanol–water partition coefficient (Wildman–Crippen LogP) is 1.83. The minimum absolute atomic E-state index is 0.0505. The monoisotopic (exact) mass is 217 g/mol. The summed E-state index contributed by atoms with van der Waals surface area (Å²) in [7, 11) is 0. The molecule has 4 nitrogen and oxygen atoms in total. The molecule has 0 aliphatic heterocycles. The first kappa shape index (κ1) is 10.7. The highest BCUT2D eigenvalue weighted by atomic mass is 16.1. The Morgan fingerprint density at radius 2 is 2.19 bits per heavy atom. The molecule has 1 aliphatic rings. The second-order valence-electron chi connectivity index (χ2n) is 4.23. The van der Waals surface area contributed by atoms with Gasteiger partial charge in [-0.25, -0.2) is 0 Å². The highest BCUT2D eigenvalue weighted by molar-refractivity contribution is 5.92. The Labute approximate surface area is 94.7 Å². The van der Waals surface area contributed by atoms with E-state index in [4.69, 9.17) is 5.26 Å². The minimum Gasteiger partial charge on any atom is -0.357 e. The lowest BCUT2D eigenvalue weighted by Gasteiger charge is -2.25. The number of hydrogen-bond acceptors (Lipinski definition) is 2. The van der Waals surface area contributed by atoms with Gasteiger partial charge in [-0.2, -0.15) is 5.26 Å². The van der Waals surface area contributed by atoms with E-state index >= 15 is 0 Å². The summed E-state index contributed by atoms with van der Waals surface area (Å²) >= 11 is 0. The van der Waals surface area contributed by atoms with Gasteiger partial charge in [-0.1, -0.05) is 0 Å². The summed E-state index contributed by atoms with van der Waals surface area (Å²) in [5, 5.41) is 11.8. The highest BCUT2D eigenvalue weighted by Crippen LogP contribution is 2.23. The number of H-pyrrole nitrogens is 1. The van der Waals surface area contributed by atoms with Gasteiger partial charge in [-0.05, 0) is 37.8 Å². The van der Waals surface area contributed by atoms with Gasteiger partial charge in [-0.3, -0.25) is 4.79 Å². The fourth-order valence-electron chi connectivity index (χ4n) is 2.10. The average molecular weight is 217 g/mol. The summed E-state index contributed by atoms with van der Waals surface area (Å²) in [6, 6.07) is 6.08. The summed E-state index contributed by atoms with van der Waals surface area (Å²) in [4.78, 5) is 14.6. The van der Waals surface area contributed by atoms with Crippen molar-refractivity contribution in [2.45, 2.75) is 31.7 Å². The van der Waals surface area contributed by atoms with Gasteiger partial charge in [0.1, 0.15) is 5.69 Å². The van der Waals surface area contributed by atoms with Crippen LogP contribution in [0, 0.1) is 17.2 Å². The lowest BCUT2D eigenvalue weighted by atomic mass is 9.87. The predicted molar refractivity (Wildman–Crippen MR) is 59.6 cm³/mol. The van der Waals surface area contributed by atoms with Crippen molar-refractivity contribution in [2.75, 3.05) is 0 Å². The number of aromatic nitrogens is 1. The first-order valence-corrected chi connectivity index (χ1v) is 5.63. The molecule has 1 heterocycles. The van der Waals surface area contributed by atoms with Crippen LogP contribution in [0.1, 0.15) is 36.2 Å². The molecule has 1 amide bonds. The van der Waals surface area contributed by atoms with Gasteiger partial charge in [0, 0.05) is 18.2 Å². The fourth-order valence-corrected chi connectivity index (χ4v) is 2.10. The summed E-state index contributed by atoms with van der Waals surface area (Å²) in [6.07, 6.45) is 5.34. The molecule has 4 heteroatoms. The Bertz CT molecular complexity index is 383. The number of carbonyl (C=O) groups excluding carboxylic acids is 1. The van der Waals surface area contributed by atoms with Gasteiger partial charge in [0.15, 0.2) is 0 Å². The molecule has 0 unspecified atom stereocenters. The zero-order valence-corrected chi connectivity index (χ0v) is 9.07. The van der Waals surface area contributed by atoms with Crippen LogP contribution in [0.25, 0.3) is 0 Å². The summed E-state index contributed by atoms with van der Waals surface area (Å²) in [5.41, 5.74) is 0.599. The number of nitrogens with zero attached hydrogens (tertiary/aromatic N) is 1. The van der Waals surface area contributed by atoms with E-state index in [0.717, 1.165) is 25.7 Å². The summed E-state index contributed by atoms with van der Waals surface area (Å²) in [5.74, 6) is 0.129. The molecule has 2 N–H and O–H groups in total. The number of rotatable bonds is 2. The standard InChI is InChI=1S/C12H15N3O/c13-8-9-3-5-10(6-4-9)15-12(16)11-2-1-7-14-11/h1-2,7,9-10,14H,3-6H2,(H,15,16). The third kappa shape index (κ3) is 2.43. The molecule has 84 valence electrons. The van der Waals surface area contributed by atoms with Crippen LogP contribution in [0.2, 0.25) is 0 Å². The summed E-state index contributed by atoms with van der Waals surface area (Å²) < 4.78 is 0. The normalized spacial score (nSPS) is 24.7. The molecule has 2 rings (SSSR count). The van der Waals surface area contributed by atoms with Crippen LogP contribution < -0.4 is 5.32 Å². The van der Waals surface area contributed by atoms with E-state index in [2.05, 4.69) is 16.4 Å². The Morgan fingerprint density at radius 3 is 2.75 bits per heavy atom. The Kier molecular flexibility index (Phi) is 3.25. The smallest absolute Gasteiger partial charge is 0.267 e. The molecule has 1 saturated carbocycles. The van der Waals surface area contributed by atoms with Crippen LogP contribution in [-0.4, -0.2) is 16.9 Å². The molecule has 0 atom stereocenters. The maximum absolute atomic E-state index is 11.7. The molecule has 1 fully saturated rings. The molecule has 1 aromatic rings. The molecule has 16 heavy (non-hydrogen) atoms. The topological polar surface area (TPSA) is 68.7 Å². The molecule has 0 radical (unpaired) electrons. The van der Waals surface area contributed by atoms with Crippen LogP contribution in [-0.2, 0) is 0 Å². The largest absolute Gasteiger partial charge is 0.357 e. The molecule has 0 bridgehead atoms. The number of aromatic amines is 1. The van der Waals surface area contributed by atoms with E-state index in [1.165, 1.54) is 0 Å². The SMILES string of the molecule is N#CC1CCC(NC(=O)c2ccc[nH]2)CC1. The van der Waals surface area contributed by atoms with E-state index in [1.54, 1.807) is 12.3 Å². The first-order chi connectivity index (χ1) is 7.79. The van der Waals surface area contributed by atoms with Crippen molar-refractivity contribution in [2.24, 2.45) is 5.92 Å². The van der Waals surface area contributed by atoms with E-state index < -0.39 is 0 Å². The van der Waals surface area contributed by atoms with Crippen molar-refractivity contribution < 1.29 is 4.79 Å². The zero-order valence-electron chi connectivity index (χ0n) is 9.07. The number of hydrogen-bond donors (Lipinski definition) is 2. The van der Waals surface area contributed by atoms with Crippen molar-refractivity contribution in [3.8, 4) is 6.07 Å². The molecule has 0 saturated heterocycles. The molecule has 1 aliphatic carbocycles. The molecule has 0 spiro atoms. The van der Waals surface area contributed by atoms with Crippen LogP contribution in [0.15, 0.2) is 18.3 Å². The third-order valence-electron chi connectivity index (χ3n) is 3.09. The minimum atomic E-state index is -0.0505. The number of nitriles is 1. The van der Waals surface area contributed by atoms with Crippen molar-refractivity contribution in [3.05, 3.63) is 24.0 Å². The molecule has 0 aromatic carbocycles. The quantitative estimate of drug-likeness (QED) is 0.793. The van der Waals surface area contributed by atoms with Gasteiger partial charge in [0.25, 0.3) is 5.91 Å². The first-order valence-electron chi connectivity index (χ1n) is 5.63. The third-order valence-corrected chi connectivity index (χ3v) is 3.09. The van der Waals surface area contributed by atoms with Crippen molar-refractivity contribution in [1.29, 1.82) is 5.26 Å². The maximum Gasteiger partial charge on any atom is 0.267 e. The van der Waals surface area contributed by atoms with E-state index in [1.807, 2.05) is 6.07 Å². The lowest BCUT2D eigenvalue weighted by Crippen LogP contribution is -2.37. The number of nitrogens with one attached hydrogen (secondary N) is 2. The van der Waals surface area contributed by atoms with E-state index in [0.29, 0.717) is 5.69 Å².